The first-order valence-corrected chi connectivity index (χ1v) is 4.94. The lowest BCUT2D eigenvalue weighted by Gasteiger charge is -2.23. The minimum absolute atomic E-state index is 0.497. The number of rotatable bonds is 3. The van der Waals surface area contributed by atoms with E-state index in [1.54, 1.807) is 0 Å². The second-order valence-corrected chi connectivity index (χ2v) is 3.88. The quantitative estimate of drug-likeness (QED) is 0.719. The summed E-state index contributed by atoms with van der Waals surface area (Å²) in [5.41, 5.74) is 1.33. The highest BCUT2D eigenvalue weighted by Crippen LogP contribution is 2.22. The summed E-state index contributed by atoms with van der Waals surface area (Å²) >= 11 is 5.83. The van der Waals surface area contributed by atoms with E-state index in [2.05, 4.69) is 38.1 Å². The van der Waals surface area contributed by atoms with Crippen molar-refractivity contribution in [1.82, 2.24) is 4.90 Å². The van der Waals surface area contributed by atoms with Gasteiger partial charge in [-0.25, -0.2) is 0 Å². The van der Waals surface area contributed by atoms with Crippen LogP contribution in [0, 0.1) is 0 Å². The highest BCUT2D eigenvalue weighted by molar-refractivity contribution is 6.30. The lowest BCUT2D eigenvalue weighted by Crippen LogP contribution is -2.18. The van der Waals surface area contributed by atoms with Gasteiger partial charge in [0.2, 0.25) is 0 Å². The molecular formula is C11H16ClN. The van der Waals surface area contributed by atoms with Gasteiger partial charge in [0, 0.05) is 11.1 Å². The fraction of sp³-hybridized carbons (Fsp3) is 0.455. The summed E-state index contributed by atoms with van der Waals surface area (Å²) in [6.07, 6.45) is 1.12. The number of nitrogens with zero attached hydrogens (tertiary/aromatic N) is 1. The fourth-order valence-corrected chi connectivity index (χ4v) is 1.71. The molecule has 1 atom stereocenters. The van der Waals surface area contributed by atoms with Gasteiger partial charge in [0.15, 0.2) is 0 Å². The van der Waals surface area contributed by atoms with Crippen LogP contribution in [0.2, 0.25) is 5.02 Å². The average molecular weight is 198 g/mol. The molecule has 1 aromatic rings. The Bertz CT molecular complexity index is 253. The third-order valence-corrected chi connectivity index (χ3v) is 2.52. The molecule has 0 saturated heterocycles. The molecule has 0 aliphatic heterocycles. The molecule has 1 nitrogen and oxygen atoms in total. The van der Waals surface area contributed by atoms with Gasteiger partial charge in [-0.2, -0.15) is 0 Å². The predicted molar refractivity (Wildman–Crippen MR) is 58.2 cm³/mol. The molecule has 1 aromatic carbocycles. The van der Waals surface area contributed by atoms with Gasteiger partial charge in [0.25, 0.3) is 0 Å². The van der Waals surface area contributed by atoms with Crippen LogP contribution in [0.1, 0.15) is 24.9 Å². The van der Waals surface area contributed by atoms with Crippen molar-refractivity contribution in [1.29, 1.82) is 0 Å². The van der Waals surface area contributed by atoms with E-state index >= 15 is 0 Å². The molecule has 0 spiro atoms. The van der Waals surface area contributed by atoms with Crippen LogP contribution in [-0.2, 0) is 0 Å². The number of hydrogen-bond donors (Lipinski definition) is 0. The van der Waals surface area contributed by atoms with Crippen molar-refractivity contribution in [2.45, 2.75) is 19.4 Å². The van der Waals surface area contributed by atoms with Gasteiger partial charge in [0.1, 0.15) is 0 Å². The molecule has 0 aliphatic carbocycles. The third kappa shape index (κ3) is 2.71. The first kappa shape index (κ1) is 10.6. The van der Waals surface area contributed by atoms with E-state index in [4.69, 9.17) is 11.6 Å². The van der Waals surface area contributed by atoms with Gasteiger partial charge in [-0.05, 0) is 38.2 Å². The third-order valence-electron chi connectivity index (χ3n) is 2.26. The van der Waals surface area contributed by atoms with Gasteiger partial charge in [-0.1, -0.05) is 30.7 Å². The Labute approximate surface area is 85.3 Å². The second-order valence-electron chi connectivity index (χ2n) is 3.44. The van der Waals surface area contributed by atoms with Gasteiger partial charge in [0.05, 0.1) is 0 Å². The molecule has 0 heterocycles. The summed E-state index contributed by atoms with van der Waals surface area (Å²) in [7, 11) is 4.20. The van der Waals surface area contributed by atoms with Gasteiger partial charge in [-0.15, -0.1) is 0 Å². The standard InChI is InChI=1S/C11H16ClN/c1-4-11(13(2)3)9-5-7-10(12)8-6-9/h5-8,11H,4H2,1-3H3. The zero-order valence-electron chi connectivity index (χ0n) is 8.42. The largest absolute Gasteiger partial charge is 0.302 e. The lowest BCUT2D eigenvalue weighted by atomic mass is 10.0. The van der Waals surface area contributed by atoms with Crippen molar-refractivity contribution in [2.24, 2.45) is 0 Å². The minimum Gasteiger partial charge on any atom is -0.302 e. The van der Waals surface area contributed by atoms with Crippen molar-refractivity contribution in [3.8, 4) is 0 Å². The van der Waals surface area contributed by atoms with Crippen LogP contribution in [0.5, 0.6) is 0 Å². The van der Waals surface area contributed by atoms with E-state index in [1.165, 1.54) is 5.56 Å². The minimum atomic E-state index is 0.497. The van der Waals surface area contributed by atoms with E-state index in [9.17, 15) is 0 Å². The van der Waals surface area contributed by atoms with Crippen LogP contribution >= 0.6 is 11.6 Å². The molecule has 0 radical (unpaired) electrons. The Hall–Kier alpha value is -0.530. The maximum absolute atomic E-state index is 5.83. The first-order chi connectivity index (χ1) is 6.15. The van der Waals surface area contributed by atoms with Gasteiger partial charge < -0.3 is 4.90 Å². The molecule has 0 aliphatic rings. The molecule has 0 saturated carbocycles. The van der Waals surface area contributed by atoms with Crippen LogP contribution in [0.4, 0.5) is 0 Å². The smallest absolute Gasteiger partial charge is 0.0406 e. The van der Waals surface area contributed by atoms with Crippen molar-refractivity contribution >= 4 is 11.6 Å². The highest BCUT2D eigenvalue weighted by Gasteiger charge is 2.10. The van der Waals surface area contributed by atoms with E-state index in [-0.39, 0.29) is 0 Å². The van der Waals surface area contributed by atoms with Crippen molar-refractivity contribution in [3.63, 3.8) is 0 Å². The Balaban J connectivity index is 2.86. The van der Waals surface area contributed by atoms with E-state index in [1.807, 2.05) is 12.1 Å². The molecule has 13 heavy (non-hydrogen) atoms. The molecule has 2 heteroatoms. The van der Waals surface area contributed by atoms with Crippen LogP contribution in [0.15, 0.2) is 24.3 Å². The van der Waals surface area contributed by atoms with Gasteiger partial charge >= 0.3 is 0 Å². The summed E-state index contributed by atoms with van der Waals surface area (Å²) in [5, 5.41) is 0.803. The first-order valence-electron chi connectivity index (χ1n) is 4.57. The fourth-order valence-electron chi connectivity index (χ4n) is 1.58. The van der Waals surface area contributed by atoms with Gasteiger partial charge in [-0.3, -0.25) is 0 Å². The second kappa shape index (κ2) is 4.64. The maximum atomic E-state index is 5.83. The van der Waals surface area contributed by atoms with Crippen LogP contribution < -0.4 is 0 Å². The summed E-state index contributed by atoms with van der Waals surface area (Å²) in [4.78, 5) is 2.23. The predicted octanol–water partition coefficient (Wildman–Crippen LogP) is 3.35. The van der Waals surface area contributed by atoms with Crippen molar-refractivity contribution < 1.29 is 0 Å². The Morgan fingerprint density at radius 1 is 1.23 bits per heavy atom. The lowest BCUT2D eigenvalue weighted by molar-refractivity contribution is 0.292. The molecule has 0 fully saturated rings. The number of benzene rings is 1. The molecule has 1 rings (SSSR count). The Kier molecular flexibility index (Phi) is 3.76. The summed E-state index contributed by atoms with van der Waals surface area (Å²) < 4.78 is 0. The molecule has 72 valence electrons. The normalized spacial score (nSPS) is 13.3. The zero-order chi connectivity index (χ0) is 9.84. The van der Waals surface area contributed by atoms with Crippen molar-refractivity contribution in [2.75, 3.05) is 14.1 Å². The molecule has 0 bridgehead atoms. The zero-order valence-corrected chi connectivity index (χ0v) is 9.17. The molecule has 0 aromatic heterocycles. The summed E-state index contributed by atoms with van der Waals surface area (Å²) in [6.45, 7) is 2.19. The van der Waals surface area contributed by atoms with Crippen molar-refractivity contribution in [3.05, 3.63) is 34.9 Å². The number of hydrogen-bond acceptors (Lipinski definition) is 1. The maximum Gasteiger partial charge on any atom is 0.0406 e. The molecule has 0 N–H and O–H groups in total. The van der Waals surface area contributed by atoms with Crippen LogP contribution in [0.25, 0.3) is 0 Å². The summed E-state index contributed by atoms with van der Waals surface area (Å²) in [6, 6.07) is 8.58. The average Bonchev–Trinajstić information content (AvgIpc) is 2.09. The monoisotopic (exact) mass is 197 g/mol. The molecular weight excluding hydrogens is 182 g/mol. The van der Waals surface area contributed by atoms with E-state index < -0.39 is 0 Å². The molecule has 1 unspecified atom stereocenters. The Morgan fingerprint density at radius 2 is 1.77 bits per heavy atom. The summed E-state index contributed by atoms with van der Waals surface area (Å²) in [5.74, 6) is 0. The van der Waals surface area contributed by atoms with E-state index in [0.717, 1.165) is 11.4 Å². The molecule has 0 amide bonds. The highest BCUT2D eigenvalue weighted by atomic mass is 35.5. The Morgan fingerprint density at radius 3 is 2.15 bits per heavy atom. The van der Waals surface area contributed by atoms with E-state index in [0.29, 0.717) is 6.04 Å². The number of halogens is 1. The SMILES string of the molecule is CCC(c1ccc(Cl)cc1)N(C)C. The van der Waals surface area contributed by atoms with Crippen LogP contribution in [-0.4, -0.2) is 19.0 Å². The van der Waals surface area contributed by atoms with Crippen LogP contribution in [0.3, 0.4) is 0 Å². The topological polar surface area (TPSA) is 3.24 Å².